The third kappa shape index (κ3) is 7.97. The Morgan fingerprint density at radius 2 is 1.96 bits per heavy atom. The van der Waals surface area contributed by atoms with E-state index in [0.29, 0.717) is 26.2 Å². The van der Waals surface area contributed by atoms with Crippen molar-refractivity contribution in [1.29, 1.82) is 0 Å². The molecule has 1 aromatic rings. The van der Waals surface area contributed by atoms with Crippen LogP contribution in [0.3, 0.4) is 0 Å². The van der Waals surface area contributed by atoms with Crippen LogP contribution in [0.2, 0.25) is 0 Å². The van der Waals surface area contributed by atoms with Crippen molar-refractivity contribution in [1.82, 2.24) is 16.0 Å². The highest BCUT2D eigenvalue weighted by atomic mass is 35.5. The van der Waals surface area contributed by atoms with E-state index in [1.54, 1.807) is 0 Å². The summed E-state index contributed by atoms with van der Waals surface area (Å²) in [6.07, 6.45) is 1.11. The first-order valence-electron chi connectivity index (χ1n) is 7.62. The molecule has 6 nitrogen and oxygen atoms in total. The van der Waals surface area contributed by atoms with Crippen LogP contribution in [-0.4, -0.2) is 50.7 Å². The van der Waals surface area contributed by atoms with Gasteiger partial charge in [-0.3, -0.25) is 9.59 Å². The molecule has 7 heteroatoms. The fourth-order valence-corrected chi connectivity index (χ4v) is 2.28. The predicted octanol–water partition coefficient (Wildman–Crippen LogP) is 0.262. The van der Waals surface area contributed by atoms with Gasteiger partial charge in [-0.1, -0.05) is 30.3 Å². The lowest BCUT2D eigenvalue weighted by Crippen LogP contribution is -2.45. The van der Waals surface area contributed by atoms with E-state index in [2.05, 4.69) is 16.0 Å². The van der Waals surface area contributed by atoms with Gasteiger partial charge in [0.05, 0.1) is 19.8 Å². The number of amides is 2. The van der Waals surface area contributed by atoms with E-state index >= 15 is 0 Å². The minimum atomic E-state index is -0.169. The largest absolute Gasteiger partial charge is 0.378 e. The molecule has 128 valence electrons. The summed E-state index contributed by atoms with van der Waals surface area (Å²) in [4.78, 5) is 23.4. The Balaban J connectivity index is 0.00000264. The van der Waals surface area contributed by atoms with Crippen LogP contribution in [0.1, 0.15) is 12.0 Å². The van der Waals surface area contributed by atoms with Gasteiger partial charge in [0.25, 0.3) is 0 Å². The maximum absolute atomic E-state index is 11.7. The van der Waals surface area contributed by atoms with E-state index in [-0.39, 0.29) is 36.8 Å². The molecule has 3 N–H and O–H groups in total. The van der Waals surface area contributed by atoms with E-state index in [1.807, 2.05) is 30.3 Å². The highest BCUT2D eigenvalue weighted by molar-refractivity contribution is 5.85. The van der Waals surface area contributed by atoms with Crippen LogP contribution in [0, 0.1) is 0 Å². The molecule has 1 fully saturated rings. The lowest BCUT2D eigenvalue weighted by atomic mass is 10.1. The fourth-order valence-electron chi connectivity index (χ4n) is 2.28. The monoisotopic (exact) mass is 341 g/mol. The fraction of sp³-hybridized carbons (Fsp3) is 0.500. The predicted molar refractivity (Wildman–Crippen MR) is 90.6 cm³/mol. The van der Waals surface area contributed by atoms with Crippen LogP contribution >= 0.6 is 12.4 Å². The molecule has 1 aliphatic rings. The third-order valence-corrected chi connectivity index (χ3v) is 3.46. The molecule has 0 aromatic heterocycles. The summed E-state index contributed by atoms with van der Waals surface area (Å²) >= 11 is 0. The minimum absolute atomic E-state index is 0. The summed E-state index contributed by atoms with van der Waals surface area (Å²) < 4.78 is 5.28. The number of halogens is 1. The van der Waals surface area contributed by atoms with Crippen LogP contribution in [0.4, 0.5) is 0 Å². The Morgan fingerprint density at radius 3 is 2.65 bits per heavy atom. The van der Waals surface area contributed by atoms with Gasteiger partial charge < -0.3 is 20.7 Å². The molecule has 1 aromatic carbocycles. The molecule has 23 heavy (non-hydrogen) atoms. The van der Waals surface area contributed by atoms with E-state index in [0.717, 1.165) is 13.0 Å². The lowest BCUT2D eigenvalue weighted by Gasteiger charge is -2.23. The van der Waals surface area contributed by atoms with Crippen LogP contribution in [0.5, 0.6) is 0 Å². The zero-order chi connectivity index (χ0) is 15.6. The molecule has 2 amide bonds. The maximum Gasteiger partial charge on any atom is 0.239 e. The van der Waals surface area contributed by atoms with Crippen LogP contribution in [0.15, 0.2) is 30.3 Å². The number of rotatable bonds is 7. The normalized spacial score (nSPS) is 17.0. The van der Waals surface area contributed by atoms with Gasteiger partial charge >= 0.3 is 0 Å². The summed E-state index contributed by atoms with van der Waals surface area (Å²) in [5.41, 5.74) is 1.18. The van der Waals surface area contributed by atoms with Crippen molar-refractivity contribution in [3.8, 4) is 0 Å². The number of carbonyl (C=O) groups excluding carboxylic acids is 2. The molecule has 1 unspecified atom stereocenters. The Kier molecular flexibility index (Phi) is 9.28. The highest BCUT2D eigenvalue weighted by Gasteiger charge is 2.16. The quantitative estimate of drug-likeness (QED) is 0.665. The Labute approximate surface area is 142 Å². The van der Waals surface area contributed by atoms with Gasteiger partial charge in [0.1, 0.15) is 0 Å². The number of morpholine rings is 1. The van der Waals surface area contributed by atoms with Gasteiger partial charge in [0.2, 0.25) is 11.8 Å². The van der Waals surface area contributed by atoms with Gasteiger partial charge in [0.15, 0.2) is 0 Å². The zero-order valence-electron chi connectivity index (χ0n) is 13.0. The SMILES string of the molecule is Cl.O=C(CNC(=O)CC1COCCN1)NCCc1ccccc1. The van der Waals surface area contributed by atoms with Crippen molar-refractivity contribution in [2.75, 3.05) is 32.8 Å². The lowest BCUT2D eigenvalue weighted by molar-refractivity contribution is -0.126. The molecule has 0 radical (unpaired) electrons. The smallest absolute Gasteiger partial charge is 0.239 e. The van der Waals surface area contributed by atoms with Gasteiger partial charge in [-0.05, 0) is 12.0 Å². The Morgan fingerprint density at radius 1 is 1.17 bits per heavy atom. The number of carbonyl (C=O) groups is 2. The molecule has 0 bridgehead atoms. The van der Waals surface area contributed by atoms with E-state index in [1.165, 1.54) is 5.56 Å². The second-order valence-electron chi connectivity index (χ2n) is 5.29. The van der Waals surface area contributed by atoms with Crippen molar-refractivity contribution in [3.05, 3.63) is 35.9 Å². The van der Waals surface area contributed by atoms with Crippen molar-refractivity contribution in [2.24, 2.45) is 0 Å². The summed E-state index contributed by atoms with van der Waals surface area (Å²) in [5.74, 6) is -0.307. The molecule has 1 aliphatic heterocycles. The molecular formula is C16H24ClN3O3. The van der Waals surface area contributed by atoms with E-state index in [4.69, 9.17) is 4.74 Å². The molecule has 1 heterocycles. The highest BCUT2D eigenvalue weighted by Crippen LogP contribution is 1.99. The average molecular weight is 342 g/mol. The van der Waals surface area contributed by atoms with Crippen LogP contribution in [0.25, 0.3) is 0 Å². The first kappa shape index (κ1) is 19.4. The molecule has 1 atom stereocenters. The van der Waals surface area contributed by atoms with Gasteiger partial charge in [-0.25, -0.2) is 0 Å². The Hall–Kier alpha value is -1.63. The van der Waals surface area contributed by atoms with Gasteiger partial charge in [0, 0.05) is 25.6 Å². The minimum Gasteiger partial charge on any atom is -0.378 e. The van der Waals surface area contributed by atoms with Crippen molar-refractivity contribution < 1.29 is 14.3 Å². The van der Waals surface area contributed by atoms with Crippen molar-refractivity contribution >= 4 is 24.2 Å². The average Bonchev–Trinajstić information content (AvgIpc) is 2.55. The summed E-state index contributed by atoms with van der Waals surface area (Å²) in [6.45, 7) is 2.56. The molecule has 0 aliphatic carbocycles. The zero-order valence-corrected chi connectivity index (χ0v) is 13.9. The van der Waals surface area contributed by atoms with E-state index < -0.39 is 0 Å². The summed E-state index contributed by atoms with van der Waals surface area (Å²) in [5, 5.41) is 8.63. The number of hydrogen-bond donors (Lipinski definition) is 3. The van der Waals surface area contributed by atoms with Crippen LogP contribution in [-0.2, 0) is 20.7 Å². The molecular weight excluding hydrogens is 318 g/mol. The first-order valence-corrected chi connectivity index (χ1v) is 7.62. The number of nitrogens with one attached hydrogen (secondary N) is 3. The summed E-state index contributed by atoms with van der Waals surface area (Å²) in [6, 6.07) is 9.99. The Bertz CT molecular complexity index is 479. The maximum atomic E-state index is 11.7. The van der Waals surface area contributed by atoms with Gasteiger partial charge in [-0.2, -0.15) is 0 Å². The molecule has 2 rings (SSSR count). The summed E-state index contributed by atoms with van der Waals surface area (Å²) in [7, 11) is 0. The molecule has 0 spiro atoms. The number of hydrogen-bond acceptors (Lipinski definition) is 4. The molecule has 1 saturated heterocycles. The third-order valence-electron chi connectivity index (χ3n) is 3.46. The second-order valence-corrected chi connectivity index (χ2v) is 5.29. The topological polar surface area (TPSA) is 79.5 Å². The first-order chi connectivity index (χ1) is 10.7. The van der Waals surface area contributed by atoms with E-state index in [9.17, 15) is 9.59 Å². The molecule has 0 saturated carbocycles. The van der Waals surface area contributed by atoms with Crippen molar-refractivity contribution in [3.63, 3.8) is 0 Å². The van der Waals surface area contributed by atoms with Crippen LogP contribution < -0.4 is 16.0 Å². The number of benzene rings is 1. The second kappa shape index (κ2) is 11.0. The van der Waals surface area contributed by atoms with Crippen molar-refractivity contribution in [2.45, 2.75) is 18.9 Å². The standard InChI is InChI=1S/C16H23N3O3.ClH/c20-15(10-14-12-22-9-8-17-14)19-11-16(21)18-7-6-13-4-2-1-3-5-13;/h1-5,14,17H,6-12H2,(H,18,21)(H,19,20);1H. The van der Waals surface area contributed by atoms with Gasteiger partial charge in [-0.15, -0.1) is 12.4 Å². The number of ether oxygens (including phenoxy) is 1.